The Balaban J connectivity index is 0. The predicted octanol–water partition coefficient (Wildman–Crippen LogP) is 9.47. The summed E-state index contributed by atoms with van der Waals surface area (Å²) >= 11 is 0. The Hall–Kier alpha value is -1.45. The van der Waals surface area contributed by atoms with Gasteiger partial charge >= 0.3 is 0 Å². The van der Waals surface area contributed by atoms with Gasteiger partial charge in [0.2, 0.25) is 0 Å². The smallest absolute Gasteiger partial charge is 0.0477 e. The van der Waals surface area contributed by atoms with Crippen molar-refractivity contribution in [3.63, 3.8) is 0 Å². The van der Waals surface area contributed by atoms with E-state index in [1.165, 1.54) is 65.3 Å². The van der Waals surface area contributed by atoms with Crippen LogP contribution in [0.1, 0.15) is 51.9 Å². The van der Waals surface area contributed by atoms with Crippen molar-refractivity contribution < 1.29 is 25.8 Å². The van der Waals surface area contributed by atoms with E-state index in [1.54, 1.807) is 0 Å². The van der Waals surface area contributed by atoms with Crippen LogP contribution in [0.2, 0.25) is 0 Å². The minimum absolute atomic E-state index is 0. The molecule has 0 N–H and O–H groups in total. The van der Waals surface area contributed by atoms with Gasteiger partial charge in [-0.3, -0.25) is 0 Å². The molecule has 0 unspecified atom stereocenters. The maximum Gasteiger partial charge on any atom is 0.0477 e. The molecule has 0 spiro atoms. The largest absolute Gasteiger partial charge is 0.343 e. The molecular formula is C33H42Cl2HfSi-3. The molecule has 0 aliphatic rings. The number of fused-ring (bicyclic) bond motifs is 2. The molecule has 0 saturated heterocycles. The molecule has 199 valence electrons. The average Bonchev–Trinajstić information content (AvgIpc) is 3.55. The number of rotatable bonds is 6. The second kappa shape index (κ2) is 24.9. The molecule has 0 atom stereocenters. The van der Waals surface area contributed by atoms with E-state index in [2.05, 4.69) is 111 Å². The van der Waals surface area contributed by atoms with E-state index in [0.29, 0.717) is 0 Å². The molecule has 1 radical (unpaired) electrons. The van der Waals surface area contributed by atoms with Crippen molar-refractivity contribution in [1.82, 2.24) is 0 Å². The Morgan fingerprint density at radius 3 is 1.43 bits per heavy atom. The summed E-state index contributed by atoms with van der Waals surface area (Å²) in [4.78, 5) is 0. The van der Waals surface area contributed by atoms with Gasteiger partial charge in [0.15, 0.2) is 0 Å². The normalized spacial score (nSPS) is 9.05. The third-order valence-electron chi connectivity index (χ3n) is 5.54. The van der Waals surface area contributed by atoms with Gasteiger partial charge in [0.1, 0.15) is 0 Å². The number of hydrogen-bond donors (Lipinski definition) is 0. The first-order valence-electron chi connectivity index (χ1n) is 12.6. The third-order valence-corrected chi connectivity index (χ3v) is 6.01. The van der Waals surface area contributed by atoms with Gasteiger partial charge < -0.3 is 6.92 Å². The summed E-state index contributed by atoms with van der Waals surface area (Å²) < 4.78 is 0. The molecule has 0 aliphatic carbocycles. The van der Waals surface area contributed by atoms with Crippen LogP contribution in [0.25, 0.3) is 21.5 Å². The van der Waals surface area contributed by atoms with Crippen LogP contribution in [0.15, 0.2) is 115 Å². The molecule has 0 fully saturated rings. The molecule has 5 aromatic rings. The third kappa shape index (κ3) is 16.9. The van der Waals surface area contributed by atoms with E-state index < -0.39 is 0 Å². The van der Waals surface area contributed by atoms with Crippen molar-refractivity contribution in [2.75, 3.05) is 0 Å². The molecule has 0 aromatic heterocycles. The molecule has 0 bridgehead atoms. The monoisotopic (exact) mass is 716 g/mol. The van der Waals surface area contributed by atoms with Gasteiger partial charge in [-0.15, -0.1) is 84.1 Å². The summed E-state index contributed by atoms with van der Waals surface area (Å²) in [5.41, 5.74) is 0. The van der Waals surface area contributed by atoms with Crippen molar-refractivity contribution in [3.8, 4) is 0 Å². The number of halogens is 2. The van der Waals surface area contributed by atoms with Crippen LogP contribution in [-0.4, -0.2) is 10.2 Å². The van der Waals surface area contributed by atoms with Gasteiger partial charge in [-0.05, 0) is 0 Å². The second-order valence-electron chi connectivity index (χ2n) is 8.42. The topological polar surface area (TPSA) is 0 Å². The van der Waals surface area contributed by atoms with E-state index in [-0.39, 0.29) is 50.7 Å². The SMILES string of the molecule is Cl.Cl.[CH2-]CCCCCCCC.[Hf].[SiH2]c1ccccc1.c1ccc2[cH-]ccc2c1.c1ccc2[cH-]ccc2c1. The Labute approximate surface area is 260 Å². The Morgan fingerprint density at radius 1 is 0.595 bits per heavy atom. The summed E-state index contributed by atoms with van der Waals surface area (Å²) in [6.07, 6.45) is 9.45. The number of benzene rings is 3. The molecular weight excluding hydrogens is 674 g/mol. The average molecular weight is 716 g/mol. The van der Waals surface area contributed by atoms with E-state index >= 15 is 0 Å². The quantitative estimate of drug-likeness (QED) is 0.0934. The maximum absolute atomic E-state index is 3.80. The van der Waals surface area contributed by atoms with Crippen molar-refractivity contribution in [2.24, 2.45) is 0 Å². The van der Waals surface area contributed by atoms with E-state index in [9.17, 15) is 0 Å². The molecule has 0 saturated carbocycles. The van der Waals surface area contributed by atoms with Gasteiger partial charge in [-0.2, -0.15) is 41.5 Å². The zero-order chi connectivity index (χ0) is 24.3. The van der Waals surface area contributed by atoms with Crippen LogP contribution >= 0.6 is 24.8 Å². The van der Waals surface area contributed by atoms with Gasteiger partial charge in [0, 0.05) is 36.1 Å². The zero-order valence-corrected chi connectivity index (χ0v) is 28.8. The molecule has 5 aromatic carbocycles. The van der Waals surface area contributed by atoms with Crippen molar-refractivity contribution >= 4 is 61.8 Å². The molecule has 0 aliphatic heterocycles. The molecule has 0 heterocycles. The van der Waals surface area contributed by atoms with Crippen molar-refractivity contribution in [1.29, 1.82) is 0 Å². The Kier molecular flexibility index (Phi) is 25.3. The minimum Gasteiger partial charge on any atom is -0.343 e. The fraction of sp³-hybridized carbons (Fsp3) is 0.242. The summed E-state index contributed by atoms with van der Waals surface area (Å²) in [5, 5.41) is 6.67. The Morgan fingerprint density at radius 2 is 1.03 bits per heavy atom. The van der Waals surface area contributed by atoms with Crippen molar-refractivity contribution in [3.05, 3.63) is 122 Å². The first-order valence-corrected chi connectivity index (χ1v) is 13.3. The fourth-order valence-corrected chi connectivity index (χ4v) is 3.85. The molecule has 0 nitrogen and oxygen atoms in total. The van der Waals surface area contributed by atoms with Gasteiger partial charge in [0.05, 0.1) is 0 Å². The second-order valence-corrected chi connectivity index (χ2v) is 9.23. The van der Waals surface area contributed by atoms with Crippen LogP contribution in [0.5, 0.6) is 0 Å². The zero-order valence-electron chi connectivity index (χ0n) is 22.2. The molecule has 5 rings (SSSR count). The van der Waals surface area contributed by atoms with Gasteiger partial charge in [0.25, 0.3) is 0 Å². The molecule has 37 heavy (non-hydrogen) atoms. The maximum atomic E-state index is 3.80. The summed E-state index contributed by atoms with van der Waals surface area (Å²) in [5.74, 6) is 0. The fourth-order valence-electron chi connectivity index (χ4n) is 3.57. The van der Waals surface area contributed by atoms with E-state index in [1.807, 2.05) is 28.4 Å². The van der Waals surface area contributed by atoms with Crippen LogP contribution < -0.4 is 5.19 Å². The van der Waals surface area contributed by atoms with Crippen LogP contribution in [0.3, 0.4) is 0 Å². The van der Waals surface area contributed by atoms with E-state index in [0.717, 1.165) is 6.42 Å². The van der Waals surface area contributed by atoms with E-state index in [4.69, 9.17) is 0 Å². The minimum atomic E-state index is 0. The molecule has 4 heteroatoms. The molecule has 0 amide bonds. The van der Waals surface area contributed by atoms with Gasteiger partial charge in [-0.1, -0.05) is 93.1 Å². The number of hydrogen-bond acceptors (Lipinski definition) is 0. The summed E-state index contributed by atoms with van der Waals surface area (Å²) in [6.45, 7) is 6.05. The standard InChI is InChI=1S/2C9H7.C9H19.C6H7Si.2ClH.Hf/c2*1-2-5-9-7-3-6-8(9)4-1;1-3-5-7-9-8-6-4-2;7-6-4-2-1-3-5-6;;;/h2*1-7H;1,3-9H2,2H3;1-5H,7H2;2*1H;/q3*-1;;;;. The van der Waals surface area contributed by atoms with Crippen LogP contribution in [-0.2, 0) is 25.8 Å². The summed E-state index contributed by atoms with van der Waals surface area (Å²) in [7, 11) is 1.90. The number of unbranched alkanes of at least 4 members (excludes halogenated alkanes) is 6. The Bertz CT molecular complexity index is 1000. The van der Waals surface area contributed by atoms with Crippen LogP contribution in [0, 0.1) is 6.92 Å². The predicted molar refractivity (Wildman–Crippen MR) is 172 cm³/mol. The first kappa shape index (κ1) is 37.7. The summed E-state index contributed by atoms with van der Waals surface area (Å²) in [6, 6.07) is 39.6. The van der Waals surface area contributed by atoms with Crippen molar-refractivity contribution in [2.45, 2.75) is 51.9 Å². The first-order chi connectivity index (χ1) is 16.7. The van der Waals surface area contributed by atoms with Crippen LogP contribution in [0.4, 0.5) is 0 Å². The van der Waals surface area contributed by atoms with Gasteiger partial charge in [-0.25, -0.2) is 0 Å².